The monoisotopic (exact) mass is 224 g/mol. The molecule has 16 heavy (non-hydrogen) atoms. The van der Waals surface area contributed by atoms with Gasteiger partial charge in [0.2, 0.25) is 5.91 Å². The lowest BCUT2D eigenvalue weighted by molar-refractivity contribution is -0.133. The summed E-state index contributed by atoms with van der Waals surface area (Å²) in [6.45, 7) is 3.71. The van der Waals surface area contributed by atoms with E-state index in [1.54, 1.807) is 0 Å². The molecular formula is C12H20N2O2. The first-order valence-electron chi connectivity index (χ1n) is 6.45. The van der Waals surface area contributed by atoms with Crippen molar-refractivity contribution in [3.05, 3.63) is 0 Å². The molecule has 4 heteroatoms. The molecule has 90 valence electrons. The van der Waals surface area contributed by atoms with Crippen molar-refractivity contribution in [2.75, 3.05) is 13.2 Å². The van der Waals surface area contributed by atoms with E-state index in [0.29, 0.717) is 11.9 Å². The third kappa shape index (κ3) is 1.47. The van der Waals surface area contributed by atoms with Gasteiger partial charge in [-0.25, -0.2) is 0 Å². The first kappa shape index (κ1) is 10.5. The van der Waals surface area contributed by atoms with E-state index in [1.165, 1.54) is 0 Å². The molecule has 0 aromatic rings. The summed E-state index contributed by atoms with van der Waals surface area (Å²) in [5.41, 5.74) is -0.164. The molecule has 2 aliphatic heterocycles. The van der Waals surface area contributed by atoms with Crippen LogP contribution in [0.4, 0.5) is 0 Å². The molecular weight excluding hydrogens is 204 g/mol. The van der Waals surface area contributed by atoms with Crippen molar-refractivity contribution >= 4 is 5.91 Å². The Kier molecular flexibility index (Phi) is 2.44. The molecule has 3 fully saturated rings. The summed E-state index contributed by atoms with van der Waals surface area (Å²) in [7, 11) is 0. The molecule has 0 aromatic carbocycles. The number of rotatable bonds is 3. The Balaban J connectivity index is 1.78. The highest BCUT2D eigenvalue weighted by Crippen LogP contribution is 2.44. The van der Waals surface area contributed by atoms with Crippen LogP contribution >= 0.6 is 0 Å². The van der Waals surface area contributed by atoms with Crippen molar-refractivity contribution in [3.8, 4) is 0 Å². The average molecular weight is 224 g/mol. The molecule has 1 aliphatic carbocycles. The molecule has 1 amide bonds. The van der Waals surface area contributed by atoms with Crippen LogP contribution in [0.25, 0.3) is 0 Å². The van der Waals surface area contributed by atoms with Gasteiger partial charge in [0.1, 0.15) is 0 Å². The van der Waals surface area contributed by atoms with Gasteiger partial charge in [0, 0.05) is 6.61 Å². The van der Waals surface area contributed by atoms with Crippen molar-refractivity contribution in [1.82, 2.24) is 10.2 Å². The first-order chi connectivity index (χ1) is 7.77. The molecule has 1 N–H and O–H groups in total. The lowest BCUT2D eigenvalue weighted by Crippen LogP contribution is -2.44. The minimum atomic E-state index is -0.164. The van der Waals surface area contributed by atoms with E-state index >= 15 is 0 Å². The number of hydrogen-bond acceptors (Lipinski definition) is 3. The Morgan fingerprint density at radius 2 is 2.38 bits per heavy atom. The second-order valence-corrected chi connectivity index (χ2v) is 5.26. The number of ether oxygens (including phenoxy) is 1. The van der Waals surface area contributed by atoms with Crippen molar-refractivity contribution in [2.45, 2.75) is 56.8 Å². The Bertz CT molecular complexity index is 295. The van der Waals surface area contributed by atoms with E-state index in [2.05, 4.69) is 17.1 Å². The zero-order valence-electron chi connectivity index (χ0n) is 9.87. The fourth-order valence-electron chi connectivity index (χ4n) is 2.97. The maximum absolute atomic E-state index is 12.4. The Morgan fingerprint density at radius 3 is 2.94 bits per heavy atom. The molecule has 1 saturated carbocycles. The summed E-state index contributed by atoms with van der Waals surface area (Å²) in [5.74, 6) is 0.335. The molecule has 2 saturated heterocycles. The summed E-state index contributed by atoms with van der Waals surface area (Å²) in [6, 6.07) is 0.316. The summed E-state index contributed by atoms with van der Waals surface area (Å²) in [4.78, 5) is 14.5. The number of nitrogens with one attached hydrogen (secondary N) is 1. The van der Waals surface area contributed by atoms with Crippen LogP contribution in [0.1, 0.15) is 39.0 Å². The number of carbonyl (C=O) groups excluding carboxylic acids is 1. The maximum atomic E-state index is 12.4. The molecule has 2 atom stereocenters. The smallest absolute Gasteiger partial charge is 0.244 e. The second kappa shape index (κ2) is 3.70. The van der Waals surface area contributed by atoms with Crippen LogP contribution in [0.5, 0.6) is 0 Å². The van der Waals surface area contributed by atoms with Gasteiger partial charge in [-0.2, -0.15) is 0 Å². The van der Waals surface area contributed by atoms with Crippen LogP contribution in [0.2, 0.25) is 0 Å². The predicted molar refractivity (Wildman–Crippen MR) is 59.9 cm³/mol. The van der Waals surface area contributed by atoms with Crippen LogP contribution in [0.3, 0.4) is 0 Å². The van der Waals surface area contributed by atoms with E-state index < -0.39 is 0 Å². The van der Waals surface area contributed by atoms with Gasteiger partial charge in [0.25, 0.3) is 0 Å². The molecule has 0 aromatic heterocycles. The minimum absolute atomic E-state index is 0.164. The van der Waals surface area contributed by atoms with Crippen molar-refractivity contribution in [3.63, 3.8) is 0 Å². The van der Waals surface area contributed by atoms with E-state index in [1.807, 2.05) is 0 Å². The average Bonchev–Trinajstić information content (AvgIpc) is 2.74. The minimum Gasteiger partial charge on any atom is -0.379 e. The van der Waals surface area contributed by atoms with E-state index in [9.17, 15) is 4.79 Å². The van der Waals surface area contributed by atoms with Crippen LogP contribution in [0, 0.1) is 0 Å². The number of carbonyl (C=O) groups is 1. The van der Waals surface area contributed by atoms with Gasteiger partial charge < -0.3 is 9.64 Å². The van der Waals surface area contributed by atoms with E-state index in [0.717, 1.165) is 45.3 Å². The number of nitrogens with zero attached hydrogens (tertiary/aromatic N) is 1. The topological polar surface area (TPSA) is 41.6 Å². The normalized spacial score (nSPS) is 36.3. The van der Waals surface area contributed by atoms with Gasteiger partial charge in [-0.15, -0.1) is 0 Å². The van der Waals surface area contributed by atoms with Crippen LogP contribution in [0.15, 0.2) is 0 Å². The molecule has 0 radical (unpaired) electrons. The van der Waals surface area contributed by atoms with Crippen LogP contribution in [-0.2, 0) is 9.53 Å². The Hall–Kier alpha value is -0.610. The van der Waals surface area contributed by atoms with Gasteiger partial charge >= 0.3 is 0 Å². The summed E-state index contributed by atoms with van der Waals surface area (Å²) < 4.78 is 5.41. The Morgan fingerprint density at radius 1 is 1.56 bits per heavy atom. The summed E-state index contributed by atoms with van der Waals surface area (Å²) in [5, 5.41) is 3.54. The summed E-state index contributed by atoms with van der Waals surface area (Å²) in [6.07, 6.45) is 5.48. The second-order valence-electron chi connectivity index (χ2n) is 5.26. The maximum Gasteiger partial charge on any atom is 0.244 e. The molecule has 2 heterocycles. The van der Waals surface area contributed by atoms with E-state index in [-0.39, 0.29) is 11.7 Å². The van der Waals surface area contributed by atoms with Gasteiger partial charge in [0.15, 0.2) is 0 Å². The predicted octanol–water partition coefficient (Wildman–Crippen LogP) is 0.866. The molecule has 0 bridgehead atoms. The highest BCUT2D eigenvalue weighted by atomic mass is 16.5. The largest absolute Gasteiger partial charge is 0.379 e. The third-order valence-corrected chi connectivity index (χ3v) is 4.03. The van der Waals surface area contributed by atoms with E-state index in [4.69, 9.17) is 4.74 Å². The molecule has 1 spiro atoms. The number of amides is 1. The molecule has 3 aliphatic rings. The molecule has 4 nitrogen and oxygen atoms in total. The zero-order valence-corrected chi connectivity index (χ0v) is 9.87. The highest BCUT2D eigenvalue weighted by Gasteiger charge is 2.60. The SMILES string of the molecule is CCCC1NC2(CC2)C(=O)N1C1CCOC1. The lowest BCUT2D eigenvalue weighted by Gasteiger charge is -2.29. The molecule has 2 unspecified atom stereocenters. The summed E-state index contributed by atoms with van der Waals surface area (Å²) >= 11 is 0. The van der Waals surface area contributed by atoms with Crippen LogP contribution in [-0.4, -0.2) is 41.8 Å². The fraction of sp³-hybridized carbons (Fsp3) is 0.917. The molecule has 3 rings (SSSR count). The van der Waals surface area contributed by atoms with Gasteiger partial charge in [-0.1, -0.05) is 13.3 Å². The van der Waals surface area contributed by atoms with Gasteiger partial charge in [0.05, 0.1) is 24.4 Å². The zero-order chi connectivity index (χ0) is 11.2. The van der Waals surface area contributed by atoms with Crippen molar-refractivity contribution in [2.24, 2.45) is 0 Å². The van der Waals surface area contributed by atoms with Gasteiger partial charge in [-0.3, -0.25) is 10.1 Å². The number of hydrogen-bond donors (Lipinski definition) is 1. The fourth-order valence-corrected chi connectivity index (χ4v) is 2.97. The van der Waals surface area contributed by atoms with Gasteiger partial charge in [-0.05, 0) is 25.7 Å². The van der Waals surface area contributed by atoms with Crippen molar-refractivity contribution in [1.29, 1.82) is 0 Å². The lowest BCUT2D eigenvalue weighted by atomic mass is 10.1. The van der Waals surface area contributed by atoms with Crippen LogP contribution < -0.4 is 5.32 Å². The highest BCUT2D eigenvalue weighted by molar-refractivity contribution is 5.92. The third-order valence-electron chi connectivity index (χ3n) is 4.03. The first-order valence-corrected chi connectivity index (χ1v) is 6.45. The standard InChI is InChI=1S/C12H20N2O2/c1-2-3-10-13-12(5-6-12)11(15)14(10)9-4-7-16-8-9/h9-10,13H,2-8H2,1H3. The Labute approximate surface area is 96.3 Å². The quantitative estimate of drug-likeness (QED) is 0.773. The van der Waals surface area contributed by atoms with Crippen molar-refractivity contribution < 1.29 is 9.53 Å².